The Morgan fingerprint density at radius 1 is 1.05 bits per heavy atom. The number of thiazole rings is 1. The van der Waals surface area contributed by atoms with Crippen LogP contribution < -0.4 is 4.80 Å². The predicted octanol–water partition coefficient (Wildman–Crippen LogP) is 4.50. The molecule has 0 atom stereocenters. The van der Waals surface area contributed by atoms with E-state index >= 15 is 0 Å². The minimum Gasteiger partial charge on any atom is -0.320 e. The number of hydrogen-bond donors (Lipinski definition) is 0. The molecule has 0 amide bonds. The molecule has 104 valence electrons. The van der Waals surface area contributed by atoms with Crippen molar-refractivity contribution in [2.45, 2.75) is 45.4 Å². The van der Waals surface area contributed by atoms with Crippen molar-refractivity contribution in [2.24, 2.45) is 12.0 Å². The highest BCUT2D eigenvalue weighted by Crippen LogP contribution is 2.15. The van der Waals surface area contributed by atoms with Gasteiger partial charge in [0.15, 0.2) is 4.80 Å². The molecule has 1 aromatic carbocycles. The van der Waals surface area contributed by atoms with Crippen LogP contribution in [-0.4, -0.2) is 11.1 Å². The summed E-state index contributed by atoms with van der Waals surface area (Å²) in [4.78, 5) is 5.89. The highest BCUT2D eigenvalue weighted by Gasteiger charge is 2.00. The predicted molar refractivity (Wildman–Crippen MR) is 84.6 cm³/mol. The summed E-state index contributed by atoms with van der Waals surface area (Å²) in [7, 11) is 2.11. The largest absolute Gasteiger partial charge is 0.320 e. The van der Waals surface area contributed by atoms with Crippen LogP contribution in [0.1, 0.15) is 45.4 Å². The Hall–Kier alpha value is -1.09. The van der Waals surface area contributed by atoms with Gasteiger partial charge in [-0.2, -0.15) is 0 Å². The average Bonchev–Trinajstić information content (AvgIpc) is 2.75. The third-order valence-corrected chi connectivity index (χ3v) is 4.62. The van der Waals surface area contributed by atoms with E-state index in [9.17, 15) is 0 Å². The first kappa shape index (κ1) is 14.3. The van der Waals surface area contributed by atoms with Crippen molar-refractivity contribution in [2.75, 3.05) is 6.54 Å². The van der Waals surface area contributed by atoms with Crippen molar-refractivity contribution in [3.8, 4) is 0 Å². The Kier molecular flexibility index (Phi) is 5.64. The van der Waals surface area contributed by atoms with Crippen molar-refractivity contribution in [3.05, 3.63) is 29.1 Å². The topological polar surface area (TPSA) is 17.3 Å². The van der Waals surface area contributed by atoms with Crippen LogP contribution in [0.15, 0.2) is 29.3 Å². The normalized spacial score (nSPS) is 12.4. The quantitative estimate of drug-likeness (QED) is 0.662. The Morgan fingerprint density at radius 2 is 1.79 bits per heavy atom. The van der Waals surface area contributed by atoms with Crippen LogP contribution in [0.3, 0.4) is 0 Å². The lowest BCUT2D eigenvalue weighted by Crippen LogP contribution is -2.10. The second-order valence-electron chi connectivity index (χ2n) is 5.06. The molecule has 1 heterocycles. The van der Waals surface area contributed by atoms with E-state index < -0.39 is 0 Å². The van der Waals surface area contributed by atoms with Crippen LogP contribution >= 0.6 is 11.3 Å². The molecule has 2 rings (SSSR count). The minimum atomic E-state index is 0.965. The van der Waals surface area contributed by atoms with Crippen LogP contribution in [0.2, 0.25) is 0 Å². The molecule has 19 heavy (non-hydrogen) atoms. The number of aryl methyl sites for hydroxylation is 1. The second-order valence-corrected chi connectivity index (χ2v) is 6.07. The summed E-state index contributed by atoms with van der Waals surface area (Å²) < 4.78 is 3.53. The Labute approximate surface area is 119 Å². The van der Waals surface area contributed by atoms with Gasteiger partial charge in [-0.15, -0.1) is 0 Å². The maximum Gasteiger partial charge on any atom is 0.185 e. The molecule has 0 N–H and O–H groups in total. The summed E-state index contributed by atoms with van der Waals surface area (Å²) in [5.74, 6) is 0. The summed E-state index contributed by atoms with van der Waals surface area (Å²) in [6.45, 7) is 3.23. The number of aromatic nitrogens is 1. The van der Waals surface area contributed by atoms with Crippen LogP contribution in [-0.2, 0) is 7.05 Å². The zero-order chi connectivity index (χ0) is 13.5. The molecule has 0 aliphatic carbocycles. The average molecular weight is 276 g/mol. The molecule has 0 saturated heterocycles. The standard InChI is InChI=1S/C16H24N2S/c1-3-4-5-6-7-10-13-17-16-18(2)14-11-8-9-12-15(14)19-16/h8-9,11-12H,3-7,10,13H2,1-2H3. The summed E-state index contributed by atoms with van der Waals surface area (Å²) in [5.41, 5.74) is 1.29. The summed E-state index contributed by atoms with van der Waals surface area (Å²) in [6.07, 6.45) is 7.98. The van der Waals surface area contributed by atoms with E-state index in [1.807, 2.05) is 0 Å². The van der Waals surface area contributed by atoms with Crippen LogP contribution in [0.5, 0.6) is 0 Å². The minimum absolute atomic E-state index is 0.965. The smallest absolute Gasteiger partial charge is 0.185 e. The first-order chi connectivity index (χ1) is 9.33. The number of benzene rings is 1. The molecular weight excluding hydrogens is 252 g/mol. The van der Waals surface area contributed by atoms with Gasteiger partial charge in [0, 0.05) is 13.6 Å². The maximum atomic E-state index is 4.74. The molecule has 0 aliphatic heterocycles. The number of rotatable bonds is 7. The van der Waals surface area contributed by atoms with Gasteiger partial charge in [0.25, 0.3) is 0 Å². The summed E-state index contributed by atoms with van der Waals surface area (Å²) in [5, 5.41) is 0. The van der Waals surface area contributed by atoms with Gasteiger partial charge in [0.1, 0.15) is 0 Å². The molecule has 0 spiro atoms. The van der Waals surface area contributed by atoms with Crippen LogP contribution in [0.25, 0.3) is 10.2 Å². The number of fused-ring (bicyclic) bond motifs is 1. The maximum absolute atomic E-state index is 4.74. The van der Waals surface area contributed by atoms with Crippen molar-refractivity contribution in [3.63, 3.8) is 0 Å². The molecule has 2 aromatic rings. The monoisotopic (exact) mass is 276 g/mol. The van der Waals surface area contributed by atoms with Gasteiger partial charge in [0.2, 0.25) is 0 Å². The van der Waals surface area contributed by atoms with E-state index in [0.717, 1.165) is 11.3 Å². The second kappa shape index (κ2) is 7.49. The number of para-hydroxylation sites is 1. The highest BCUT2D eigenvalue weighted by atomic mass is 32.1. The first-order valence-corrected chi connectivity index (χ1v) is 8.19. The molecule has 0 aliphatic rings. The fourth-order valence-corrected chi connectivity index (χ4v) is 3.34. The van der Waals surface area contributed by atoms with Gasteiger partial charge >= 0.3 is 0 Å². The molecule has 2 nitrogen and oxygen atoms in total. The van der Waals surface area contributed by atoms with Crippen molar-refractivity contribution in [1.82, 2.24) is 4.57 Å². The van der Waals surface area contributed by atoms with Crippen molar-refractivity contribution >= 4 is 21.6 Å². The number of unbranched alkanes of at least 4 members (excludes halogenated alkanes) is 5. The molecule has 0 saturated carbocycles. The fraction of sp³-hybridized carbons (Fsp3) is 0.562. The van der Waals surface area contributed by atoms with Crippen molar-refractivity contribution < 1.29 is 0 Å². The van der Waals surface area contributed by atoms with Crippen LogP contribution in [0, 0.1) is 0 Å². The summed E-state index contributed by atoms with van der Waals surface area (Å²) in [6, 6.07) is 8.52. The van der Waals surface area contributed by atoms with Gasteiger partial charge in [-0.05, 0) is 18.6 Å². The van der Waals surface area contributed by atoms with E-state index in [4.69, 9.17) is 4.99 Å². The van der Waals surface area contributed by atoms with Crippen molar-refractivity contribution in [1.29, 1.82) is 0 Å². The molecule has 1 aromatic heterocycles. The number of hydrogen-bond acceptors (Lipinski definition) is 2. The molecule has 0 radical (unpaired) electrons. The van der Waals surface area contributed by atoms with Gasteiger partial charge < -0.3 is 4.57 Å². The third kappa shape index (κ3) is 3.93. The molecule has 0 bridgehead atoms. The Bertz CT molecular complexity index is 565. The van der Waals surface area contributed by atoms with E-state index in [2.05, 4.69) is 42.8 Å². The molecular formula is C16H24N2S. The lowest BCUT2D eigenvalue weighted by molar-refractivity contribution is 0.609. The Morgan fingerprint density at radius 3 is 2.58 bits per heavy atom. The van der Waals surface area contributed by atoms with Gasteiger partial charge in [0.05, 0.1) is 10.2 Å². The zero-order valence-electron chi connectivity index (χ0n) is 12.1. The van der Waals surface area contributed by atoms with E-state index in [1.165, 1.54) is 48.7 Å². The Balaban J connectivity index is 1.89. The van der Waals surface area contributed by atoms with E-state index in [0.29, 0.717) is 0 Å². The molecule has 0 fully saturated rings. The lowest BCUT2D eigenvalue weighted by atomic mass is 10.1. The zero-order valence-corrected chi connectivity index (χ0v) is 12.9. The summed E-state index contributed by atoms with van der Waals surface area (Å²) >= 11 is 1.79. The van der Waals surface area contributed by atoms with Gasteiger partial charge in [-0.1, -0.05) is 62.5 Å². The lowest BCUT2D eigenvalue weighted by Gasteiger charge is -1.98. The molecule has 3 heteroatoms. The molecule has 0 unspecified atom stereocenters. The third-order valence-electron chi connectivity index (χ3n) is 3.47. The van der Waals surface area contributed by atoms with Crippen LogP contribution in [0.4, 0.5) is 0 Å². The SMILES string of the molecule is CCCCCCCCN=c1sc2ccccc2n1C. The van der Waals surface area contributed by atoms with E-state index in [1.54, 1.807) is 11.3 Å². The first-order valence-electron chi connectivity index (χ1n) is 7.38. The van der Waals surface area contributed by atoms with E-state index in [-0.39, 0.29) is 0 Å². The van der Waals surface area contributed by atoms with Gasteiger partial charge in [-0.25, -0.2) is 0 Å². The highest BCUT2D eigenvalue weighted by molar-refractivity contribution is 7.16. The fourth-order valence-electron chi connectivity index (χ4n) is 2.30. The number of nitrogens with zero attached hydrogens (tertiary/aromatic N) is 2. The van der Waals surface area contributed by atoms with Gasteiger partial charge in [-0.3, -0.25) is 4.99 Å².